The zero-order chi connectivity index (χ0) is 15.7. The highest BCUT2D eigenvalue weighted by Gasteiger charge is 2.43. The zero-order valence-corrected chi connectivity index (χ0v) is 12.7. The van der Waals surface area contributed by atoms with Crippen molar-refractivity contribution in [1.82, 2.24) is 4.90 Å². The Labute approximate surface area is 129 Å². The van der Waals surface area contributed by atoms with Gasteiger partial charge >= 0.3 is 11.9 Å². The third kappa shape index (κ3) is 2.52. The number of esters is 2. The lowest BCUT2D eigenvalue weighted by atomic mass is 10.00. The van der Waals surface area contributed by atoms with Gasteiger partial charge in [-0.05, 0) is 32.0 Å². The highest BCUT2D eigenvalue weighted by atomic mass is 16.5. The summed E-state index contributed by atoms with van der Waals surface area (Å²) in [6.07, 6.45) is 2.45. The molecule has 5 nitrogen and oxygen atoms in total. The van der Waals surface area contributed by atoms with Gasteiger partial charge in [0.25, 0.3) is 0 Å². The molecule has 0 N–H and O–H groups in total. The van der Waals surface area contributed by atoms with Gasteiger partial charge < -0.3 is 9.47 Å². The Morgan fingerprint density at radius 1 is 1.14 bits per heavy atom. The first kappa shape index (κ1) is 14.8. The predicted molar refractivity (Wildman–Crippen MR) is 80.1 cm³/mol. The summed E-state index contributed by atoms with van der Waals surface area (Å²) >= 11 is 0. The maximum Gasteiger partial charge on any atom is 0.343 e. The summed E-state index contributed by atoms with van der Waals surface area (Å²) in [7, 11) is 3.36. The molecule has 0 aromatic heterocycles. The molecule has 0 amide bonds. The van der Waals surface area contributed by atoms with Crippen molar-refractivity contribution in [2.45, 2.75) is 31.3 Å². The van der Waals surface area contributed by atoms with Crippen molar-refractivity contribution in [3.63, 3.8) is 0 Å². The number of carbonyl (C=O) groups excluding carboxylic acids is 2. The van der Waals surface area contributed by atoms with Crippen LogP contribution in [0, 0.1) is 0 Å². The number of hydrogen-bond acceptors (Lipinski definition) is 5. The highest BCUT2D eigenvalue weighted by Crippen LogP contribution is 2.39. The van der Waals surface area contributed by atoms with Crippen LogP contribution in [0.25, 0.3) is 0 Å². The second kappa shape index (κ2) is 5.93. The molecule has 1 aromatic carbocycles. The average molecular weight is 301 g/mol. The topological polar surface area (TPSA) is 55.8 Å². The molecule has 1 aromatic rings. The van der Waals surface area contributed by atoms with Crippen molar-refractivity contribution in [3.05, 3.63) is 47.2 Å². The zero-order valence-electron chi connectivity index (χ0n) is 12.7. The fourth-order valence-corrected chi connectivity index (χ4v) is 3.32. The van der Waals surface area contributed by atoms with Crippen LogP contribution in [0.15, 0.2) is 41.7 Å². The van der Waals surface area contributed by atoms with Gasteiger partial charge in [-0.1, -0.05) is 18.2 Å². The molecular weight excluding hydrogens is 282 g/mol. The minimum Gasteiger partial charge on any atom is -0.466 e. The Morgan fingerprint density at radius 3 is 2.55 bits per heavy atom. The molecular formula is C17H19NO4. The second-order valence-corrected chi connectivity index (χ2v) is 5.70. The number of likely N-dealkylation sites (N-methyl/N-ethyl adjacent to an activating group) is 1. The van der Waals surface area contributed by atoms with Crippen LogP contribution < -0.4 is 0 Å². The molecule has 1 saturated heterocycles. The molecule has 2 unspecified atom stereocenters. The summed E-state index contributed by atoms with van der Waals surface area (Å²) in [5.74, 6) is -0.375. The number of hydrogen-bond donors (Lipinski definition) is 0. The maximum absolute atomic E-state index is 12.3. The van der Waals surface area contributed by atoms with E-state index in [9.17, 15) is 9.59 Å². The van der Waals surface area contributed by atoms with Gasteiger partial charge in [0, 0.05) is 18.5 Å². The summed E-state index contributed by atoms with van der Waals surface area (Å²) in [5, 5.41) is 0. The number of fused-ring (bicyclic) bond motifs is 2. The maximum atomic E-state index is 12.3. The molecule has 0 aliphatic carbocycles. The van der Waals surface area contributed by atoms with E-state index in [1.54, 1.807) is 24.3 Å². The highest BCUT2D eigenvalue weighted by molar-refractivity contribution is 5.93. The fraction of sp³-hybridized carbons (Fsp3) is 0.412. The van der Waals surface area contributed by atoms with Crippen LogP contribution in [-0.4, -0.2) is 43.1 Å². The molecule has 3 rings (SSSR count). The summed E-state index contributed by atoms with van der Waals surface area (Å²) in [4.78, 5) is 26.6. The Morgan fingerprint density at radius 2 is 1.86 bits per heavy atom. The van der Waals surface area contributed by atoms with E-state index in [1.165, 1.54) is 7.11 Å². The van der Waals surface area contributed by atoms with Gasteiger partial charge in [-0.15, -0.1) is 0 Å². The number of benzene rings is 1. The molecule has 2 bridgehead atoms. The summed E-state index contributed by atoms with van der Waals surface area (Å²) in [6, 6.07) is 9.09. The second-order valence-electron chi connectivity index (χ2n) is 5.70. The van der Waals surface area contributed by atoms with Crippen LogP contribution in [0.1, 0.15) is 29.6 Å². The smallest absolute Gasteiger partial charge is 0.343 e. The van der Waals surface area contributed by atoms with E-state index in [0.717, 1.165) is 12.8 Å². The molecule has 2 heterocycles. The molecule has 1 fully saturated rings. The van der Waals surface area contributed by atoms with Crippen molar-refractivity contribution < 1.29 is 19.1 Å². The van der Waals surface area contributed by atoms with Crippen molar-refractivity contribution >= 4 is 11.9 Å². The monoisotopic (exact) mass is 301 g/mol. The minimum absolute atomic E-state index is 0.0234. The van der Waals surface area contributed by atoms with Crippen molar-refractivity contribution in [2.75, 3.05) is 14.2 Å². The fourth-order valence-electron chi connectivity index (χ4n) is 3.32. The number of nitrogens with zero attached hydrogens (tertiary/aromatic N) is 1. The minimum atomic E-state index is -0.430. The SMILES string of the molecule is COC(=O)C1=C(OC(=O)c2ccccc2)CC2CCC1N2C. The van der Waals surface area contributed by atoms with Crippen molar-refractivity contribution in [3.8, 4) is 0 Å². The van der Waals surface area contributed by atoms with E-state index >= 15 is 0 Å². The standard InChI is InChI=1S/C17H19NO4/c1-18-12-8-9-13(18)15(17(20)21-2)14(10-12)22-16(19)11-6-4-3-5-7-11/h3-7,12-13H,8-10H2,1-2H3. The van der Waals surface area contributed by atoms with Crippen molar-refractivity contribution in [1.29, 1.82) is 0 Å². The third-order valence-electron chi connectivity index (χ3n) is 4.53. The number of methoxy groups -OCH3 is 1. The Bertz CT molecular complexity index is 623. The molecule has 116 valence electrons. The lowest BCUT2D eigenvalue weighted by molar-refractivity contribution is -0.137. The van der Waals surface area contributed by atoms with Crippen LogP contribution >= 0.6 is 0 Å². The van der Waals surface area contributed by atoms with Gasteiger partial charge in [-0.3, -0.25) is 4.90 Å². The van der Waals surface area contributed by atoms with E-state index in [0.29, 0.717) is 29.4 Å². The first-order valence-electron chi connectivity index (χ1n) is 7.42. The molecule has 0 radical (unpaired) electrons. The van der Waals surface area contributed by atoms with Gasteiger partial charge in [-0.2, -0.15) is 0 Å². The summed E-state index contributed by atoms with van der Waals surface area (Å²) in [5.41, 5.74) is 0.966. The number of carbonyl (C=O) groups is 2. The Balaban J connectivity index is 1.90. The quantitative estimate of drug-likeness (QED) is 0.801. The lowest BCUT2D eigenvalue weighted by Crippen LogP contribution is -2.41. The van der Waals surface area contributed by atoms with Gasteiger partial charge in [-0.25, -0.2) is 9.59 Å². The Kier molecular flexibility index (Phi) is 3.98. The molecule has 2 aliphatic rings. The van der Waals surface area contributed by atoms with Gasteiger partial charge in [0.1, 0.15) is 5.76 Å². The first-order valence-corrected chi connectivity index (χ1v) is 7.42. The van der Waals surface area contributed by atoms with Crippen LogP contribution in [-0.2, 0) is 14.3 Å². The van der Waals surface area contributed by atoms with E-state index in [1.807, 2.05) is 13.1 Å². The van der Waals surface area contributed by atoms with Crippen LogP contribution in [0.5, 0.6) is 0 Å². The normalized spacial score (nSPS) is 24.3. The average Bonchev–Trinajstić information content (AvgIpc) is 2.78. The van der Waals surface area contributed by atoms with Crippen LogP contribution in [0.2, 0.25) is 0 Å². The summed E-state index contributed by atoms with van der Waals surface area (Å²) < 4.78 is 10.4. The van der Waals surface area contributed by atoms with Gasteiger partial charge in [0.05, 0.1) is 18.2 Å². The van der Waals surface area contributed by atoms with E-state index < -0.39 is 11.9 Å². The molecule has 0 spiro atoms. The molecule has 2 atom stereocenters. The molecule has 22 heavy (non-hydrogen) atoms. The number of rotatable bonds is 3. The van der Waals surface area contributed by atoms with Crippen molar-refractivity contribution in [2.24, 2.45) is 0 Å². The number of ether oxygens (including phenoxy) is 2. The van der Waals surface area contributed by atoms with E-state index in [4.69, 9.17) is 9.47 Å². The Hall–Kier alpha value is -2.14. The lowest BCUT2D eigenvalue weighted by Gasteiger charge is -2.33. The van der Waals surface area contributed by atoms with Gasteiger partial charge in [0.2, 0.25) is 0 Å². The van der Waals surface area contributed by atoms with E-state index in [-0.39, 0.29) is 6.04 Å². The third-order valence-corrected chi connectivity index (χ3v) is 4.53. The van der Waals surface area contributed by atoms with Gasteiger partial charge in [0.15, 0.2) is 0 Å². The molecule has 2 aliphatic heterocycles. The first-order chi connectivity index (χ1) is 10.6. The predicted octanol–water partition coefficient (Wildman–Crippen LogP) is 2.14. The van der Waals surface area contributed by atoms with E-state index in [2.05, 4.69) is 4.90 Å². The molecule has 0 saturated carbocycles. The summed E-state index contributed by atoms with van der Waals surface area (Å²) in [6.45, 7) is 0. The largest absolute Gasteiger partial charge is 0.466 e. The van der Waals surface area contributed by atoms with Crippen LogP contribution in [0.3, 0.4) is 0 Å². The van der Waals surface area contributed by atoms with Crippen LogP contribution in [0.4, 0.5) is 0 Å². The molecule has 5 heteroatoms.